The lowest BCUT2D eigenvalue weighted by atomic mass is 9.64. The highest BCUT2D eigenvalue weighted by atomic mass is 15.3. The molecule has 0 bridgehead atoms. The molecule has 0 unspecified atom stereocenters. The van der Waals surface area contributed by atoms with Gasteiger partial charge in [0.2, 0.25) is 0 Å². The van der Waals surface area contributed by atoms with Gasteiger partial charge in [-0.05, 0) is 50.6 Å². The molecule has 6 nitrogen and oxygen atoms in total. The summed E-state index contributed by atoms with van der Waals surface area (Å²) in [6.07, 6.45) is 7.25. The molecule has 1 aliphatic carbocycles. The quantitative estimate of drug-likeness (QED) is 0.519. The van der Waals surface area contributed by atoms with E-state index in [4.69, 9.17) is 4.99 Å². The van der Waals surface area contributed by atoms with Crippen molar-refractivity contribution < 1.29 is 0 Å². The van der Waals surface area contributed by atoms with Gasteiger partial charge in [0.25, 0.3) is 0 Å². The largest absolute Gasteiger partial charge is 0.357 e. The summed E-state index contributed by atoms with van der Waals surface area (Å²) in [5, 5.41) is 7.07. The van der Waals surface area contributed by atoms with Crippen molar-refractivity contribution in [1.82, 2.24) is 20.5 Å². The fourth-order valence-electron chi connectivity index (χ4n) is 4.63. The molecule has 1 aromatic rings. The molecule has 0 spiro atoms. The standard InChI is InChI=1S/C23H40N6/c1-5-24-22(27-18-23(9-7-10-23)16-19(2)3)26-17-20-8-6-11-25-21(20)29-14-12-28(4)13-15-29/h6,8,11,19H,5,7,9-10,12-18H2,1-4H3,(H2,24,26,27). The molecule has 1 saturated carbocycles. The zero-order valence-corrected chi connectivity index (χ0v) is 18.9. The number of rotatable bonds is 8. The topological polar surface area (TPSA) is 55.8 Å². The number of hydrogen-bond acceptors (Lipinski definition) is 4. The molecule has 2 heterocycles. The van der Waals surface area contributed by atoms with Gasteiger partial charge >= 0.3 is 0 Å². The highest BCUT2D eigenvalue weighted by molar-refractivity contribution is 5.79. The Morgan fingerprint density at radius 2 is 1.97 bits per heavy atom. The number of piperazine rings is 1. The van der Waals surface area contributed by atoms with Crippen LogP contribution in [0.3, 0.4) is 0 Å². The van der Waals surface area contributed by atoms with Gasteiger partial charge in [0.05, 0.1) is 6.54 Å². The number of aliphatic imine (C=N–C) groups is 1. The molecule has 6 heteroatoms. The van der Waals surface area contributed by atoms with Crippen LogP contribution in [-0.4, -0.2) is 62.2 Å². The Morgan fingerprint density at radius 1 is 1.21 bits per heavy atom. The summed E-state index contributed by atoms with van der Waals surface area (Å²) in [6, 6.07) is 4.19. The molecular formula is C23H40N6. The number of guanidine groups is 1. The normalized spacial score (nSPS) is 19.9. The van der Waals surface area contributed by atoms with Crippen molar-refractivity contribution in [2.24, 2.45) is 16.3 Å². The fourth-order valence-corrected chi connectivity index (χ4v) is 4.63. The van der Waals surface area contributed by atoms with Crippen LogP contribution in [0.1, 0.15) is 52.0 Å². The van der Waals surface area contributed by atoms with Gasteiger partial charge in [0.15, 0.2) is 5.96 Å². The van der Waals surface area contributed by atoms with Crippen molar-refractivity contribution in [2.75, 3.05) is 51.2 Å². The second-order valence-electron chi connectivity index (χ2n) is 9.28. The molecule has 2 fully saturated rings. The molecule has 162 valence electrons. The predicted octanol–water partition coefficient (Wildman–Crippen LogP) is 3.10. The number of hydrogen-bond donors (Lipinski definition) is 2. The minimum absolute atomic E-state index is 0.462. The first-order chi connectivity index (χ1) is 14.0. The third-order valence-electron chi connectivity index (χ3n) is 6.31. The SMILES string of the molecule is CCNC(=NCc1cccnc1N1CCN(C)CC1)NCC1(CC(C)C)CCC1. The summed E-state index contributed by atoms with van der Waals surface area (Å²) >= 11 is 0. The molecule has 3 rings (SSSR count). The van der Waals surface area contributed by atoms with Crippen LogP contribution in [0.2, 0.25) is 0 Å². The Bertz CT molecular complexity index is 659. The van der Waals surface area contributed by atoms with E-state index in [0.29, 0.717) is 12.0 Å². The molecule has 29 heavy (non-hydrogen) atoms. The van der Waals surface area contributed by atoms with Crippen LogP contribution < -0.4 is 15.5 Å². The van der Waals surface area contributed by atoms with Gasteiger partial charge in [-0.25, -0.2) is 9.98 Å². The Labute approximate surface area is 177 Å². The minimum Gasteiger partial charge on any atom is -0.357 e. The Morgan fingerprint density at radius 3 is 2.59 bits per heavy atom. The summed E-state index contributed by atoms with van der Waals surface area (Å²) in [5.74, 6) is 2.77. The van der Waals surface area contributed by atoms with Crippen LogP contribution >= 0.6 is 0 Å². The van der Waals surface area contributed by atoms with E-state index in [0.717, 1.165) is 57.0 Å². The number of pyridine rings is 1. The average molecular weight is 401 g/mol. The number of nitrogens with one attached hydrogen (secondary N) is 2. The molecular weight excluding hydrogens is 360 g/mol. The van der Waals surface area contributed by atoms with Crippen LogP contribution in [0.4, 0.5) is 5.82 Å². The maximum atomic E-state index is 4.91. The van der Waals surface area contributed by atoms with Crippen molar-refractivity contribution in [3.05, 3.63) is 23.9 Å². The molecule has 2 N–H and O–H groups in total. The lowest BCUT2D eigenvalue weighted by molar-refractivity contribution is 0.104. The lowest BCUT2D eigenvalue weighted by Gasteiger charge is -2.43. The maximum absolute atomic E-state index is 4.91. The molecule has 0 amide bonds. The second-order valence-corrected chi connectivity index (χ2v) is 9.28. The summed E-state index contributed by atoms with van der Waals surface area (Å²) in [5.41, 5.74) is 1.67. The van der Waals surface area contributed by atoms with Crippen LogP contribution in [0.5, 0.6) is 0 Å². The van der Waals surface area contributed by atoms with E-state index < -0.39 is 0 Å². The van der Waals surface area contributed by atoms with Crippen molar-refractivity contribution >= 4 is 11.8 Å². The molecule has 2 aliphatic rings. The zero-order valence-electron chi connectivity index (χ0n) is 18.9. The van der Waals surface area contributed by atoms with E-state index in [1.54, 1.807) is 0 Å². The van der Waals surface area contributed by atoms with Gasteiger partial charge in [-0.1, -0.05) is 26.3 Å². The van der Waals surface area contributed by atoms with Crippen LogP contribution in [0.25, 0.3) is 0 Å². The van der Waals surface area contributed by atoms with Gasteiger partial charge in [0, 0.05) is 51.0 Å². The molecule has 1 aromatic heterocycles. The van der Waals surface area contributed by atoms with Crippen molar-refractivity contribution in [3.63, 3.8) is 0 Å². The first kappa shape index (κ1) is 21.9. The van der Waals surface area contributed by atoms with E-state index in [2.05, 4.69) is 59.3 Å². The Kier molecular flexibility index (Phi) is 7.76. The zero-order chi connectivity index (χ0) is 20.7. The van der Waals surface area contributed by atoms with Gasteiger partial charge in [-0.3, -0.25) is 0 Å². The molecule has 0 atom stereocenters. The van der Waals surface area contributed by atoms with Crippen molar-refractivity contribution in [3.8, 4) is 0 Å². The first-order valence-corrected chi connectivity index (χ1v) is 11.4. The molecule has 0 radical (unpaired) electrons. The number of likely N-dealkylation sites (N-methyl/N-ethyl adjacent to an activating group) is 1. The summed E-state index contributed by atoms with van der Waals surface area (Å²) in [6.45, 7) is 13.6. The van der Waals surface area contributed by atoms with Crippen LogP contribution in [0, 0.1) is 11.3 Å². The van der Waals surface area contributed by atoms with Crippen molar-refractivity contribution in [2.45, 2.75) is 53.0 Å². The van der Waals surface area contributed by atoms with Crippen molar-refractivity contribution in [1.29, 1.82) is 0 Å². The lowest BCUT2D eigenvalue weighted by Crippen LogP contribution is -2.47. The highest BCUT2D eigenvalue weighted by Gasteiger charge is 2.37. The van der Waals surface area contributed by atoms with Gasteiger partial charge in [-0.2, -0.15) is 0 Å². The smallest absolute Gasteiger partial charge is 0.191 e. The third kappa shape index (κ3) is 6.08. The molecule has 1 saturated heterocycles. The Balaban J connectivity index is 1.64. The van der Waals surface area contributed by atoms with Crippen LogP contribution in [0.15, 0.2) is 23.3 Å². The highest BCUT2D eigenvalue weighted by Crippen LogP contribution is 2.45. The first-order valence-electron chi connectivity index (χ1n) is 11.4. The number of nitrogens with zero attached hydrogens (tertiary/aromatic N) is 4. The average Bonchev–Trinajstić information content (AvgIpc) is 2.68. The maximum Gasteiger partial charge on any atom is 0.191 e. The number of anilines is 1. The second kappa shape index (κ2) is 10.3. The Hall–Kier alpha value is -1.82. The van der Waals surface area contributed by atoms with Gasteiger partial charge < -0.3 is 20.4 Å². The summed E-state index contributed by atoms with van der Waals surface area (Å²) in [7, 11) is 2.18. The predicted molar refractivity (Wildman–Crippen MR) is 123 cm³/mol. The number of aromatic nitrogens is 1. The van der Waals surface area contributed by atoms with E-state index in [9.17, 15) is 0 Å². The minimum atomic E-state index is 0.462. The molecule has 0 aromatic carbocycles. The third-order valence-corrected chi connectivity index (χ3v) is 6.31. The summed E-state index contributed by atoms with van der Waals surface area (Å²) < 4.78 is 0. The van der Waals surface area contributed by atoms with E-state index >= 15 is 0 Å². The van der Waals surface area contributed by atoms with Crippen LogP contribution in [-0.2, 0) is 6.54 Å². The molecule has 1 aliphatic heterocycles. The monoisotopic (exact) mass is 400 g/mol. The van der Waals surface area contributed by atoms with E-state index in [1.165, 1.54) is 31.2 Å². The van der Waals surface area contributed by atoms with Gasteiger partial charge in [0.1, 0.15) is 5.82 Å². The van der Waals surface area contributed by atoms with E-state index in [-0.39, 0.29) is 0 Å². The summed E-state index contributed by atoms with van der Waals surface area (Å²) in [4.78, 5) is 14.4. The van der Waals surface area contributed by atoms with E-state index in [1.807, 2.05) is 12.3 Å². The fraction of sp³-hybridized carbons (Fsp3) is 0.739. The van der Waals surface area contributed by atoms with Gasteiger partial charge in [-0.15, -0.1) is 0 Å².